The van der Waals surface area contributed by atoms with Crippen LogP contribution in [0.4, 0.5) is 0 Å². The summed E-state index contributed by atoms with van der Waals surface area (Å²) in [6.07, 6.45) is 2.41. The molecule has 7 nitrogen and oxygen atoms in total. The van der Waals surface area contributed by atoms with Gasteiger partial charge in [0.2, 0.25) is 0 Å². The third-order valence-corrected chi connectivity index (χ3v) is 2.98. The van der Waals surface area contributed by atoms with E-state index in [2.05, 4.69) is 9.97 Å². The summed E-state index contributed by atoms with van der Waals surface area (Å²) < 4.78 is 2.54. The van der Waals surface area contributed by atoms with Crippen molar-refractivity contribution in [2.24, 2.45) is 0 Å². The summed E-state index contributed by atoms with van der Waals surface area (Å²) in [6, 6.07) is 0. The van der Waals surface area contributed by atoms with Gasteiger partial charge in [-0.25, -0.2) is 9.78 Å². The Morgan fingerprint density at radius 1 is 1.42 bits per heavy atom. The van der Waals surface area contributed by atoms with Crippen LogP contribution in [0, 0.1) is 0 Å². The molecule has 0 aliphatic heterocycles. The van der Waals surface area contributed by atoms with Crippen molar-refractivity contribution in [2.45, 2.75) is 45.9 Å². The zero-order valence-electron chi connectivity index (χ0n) is 11.1. The van der Waals surface area contributed by atoms with E-state index in [0.29, 0.717) is 17.7 Å². The first-order valence-corrected chi connectivity index (χ1v) is 6.41. The predicted octanol–water partition coefficient (Wildman–Crippen LogP) is 0.0672. The van der Waals surface area contributed by atoms with Crippen LogP contribution in [0.2, 0.25) is 0 Å². The normalized spacial score (nSPS) is 13.0. The predicted molar refractivity (Wildman–Crippen MR) is 71.2 cm³/mol. The van der Waals surface area contributed by atoms with E-state index in [1.807, 2.05) is 6.92 Å². The lowest BCUT2D eigenvalue weighted by molar-refractivity contribution is 0.169. The van der Waals surface area contributed by atoms with Crippen LogP contribution in [0.3, 0.4) is 0 Å². The van der Waals surface area contributed by atoms with Crippen molar-refractivity contribution >= 4 is 11.2 Å². The number of unbranched alkanes of at least 4 members (excludes halogenated alkanes) is 1. The number of aliphatic hydroxyl groups is 1. The monoisotopic (exact) mass is 266 g/mol. The van der Waals surface area contributed by atoms with Crippen molar-refractivity contribution in [3.05, 3.63) is 27.2 Å². The molecule has 2 N–H and O–H groups in total. The molecule has 0 radical (unpaired) electrons. The van der Waals surface area contributed by atoms with Crippen LogP contribution in [0.1, 0.15) is 26.7 Å². The first-order valence-electron chi connectivity index (χ1n) is 6.41. The second-order valence-electron chi connectivity index (χ2n) is 4.65. The summed E-state index contributed by atoms with van der Waals surface area (Å²) in [5, 5.41) is 9.41. The van der Waals surface area contributed by atoms with Crippen molar-refractivity contribution in [1.29, 1.82) is 0 Å². The number of hydrogen-bond donors (Lipinski definition) is 2. The number of rotatable bonds is 5. The van der Waals surface area contributed by atoms with E-state index in [1.165, 1.54) is 10.9 Å². The van der Waals surface area contributed by atoms with Gasteiger partial charge in [-0.2, -0.15) is 0 Å². The largest absolute Gasteiger partial charge is 0.392 e. The SMILES string of the molecule is CCCCn1c(=O)n(CC(C)O)c(=O)c2[nH]cnc21. The third-order valence-electron chi connectivity index (χ3n) is 2.98. The molecule has 0 saturated carbocycles. The number of aromatic nitrogens is 4. The summed E-state index contributed by atoms with van der Waals surface area (Å²) in [7, 11) is 0. The Morgan fingerprint density at radius 3 is 2.79 bits per heavy atom. The lowest BCUT2D eigenvalue weighted by Crippen LogP contribution is -2.42. The zero-order valence-corrected chi connectivity index (χ0v) is 11.1. The van der Waals surface area contributed by atoms with Gasteiger partial charge in [0, 0.05) is 6.54 Å². The smallest absolute Gasteiger partial charge is 0.332 e. The molecule has 1 atom stereocenters. The van der Waals surface area contributed by atoms with Crippen LogP contribution in [-0.4, -0.2) is 30.3 Å². The van der Waals surface area contributed by atoms with Crippen LogP contribution < -0.4 is 11.2 Å². The van der Waals surface area contributed by atoms with Gasteiger partial charge in [-0.15, -0.1) is 0 Å². The van der Waals surface area contributed by atoms with Crippen molar-refractivity contribution in [3.63, 3.8) is 0 Å². The Bertz CT molecular complexity index is 680. The van der Waals surface area contributed by atoms with Gasteiger partial charge in [0.25, 0.3) is 5.56 Å². The third kappa shape index (κ3) is 2.46. The maximum absolute atomic E-state index is 12.3. The van der Waals surface area contributed by atoms with Gasteiger partial charge < -0.3 is 10.1 Å². The minimum absolute atomic E-state index is 0.0151. The van der Waals surface area contributed by atoms with Gasteiger partial charge in [0.1, 0.15) is 5.52 Å². The van der Waals surface area contributed by atoms with Crippen molar-refractivity contribution in [1.82, 2.24) is 19.1 Å². The van der Waals surface area contributed by atoms with Gasteiger partial charge in [-0.3, -0.25) is 13.9 Å². The van der Waals surface area contributed by atoms with E-state index in [-0.39, 0.29) is 6.54 Å². The van der Waals surface area contributed by atoms with Crippen molar-refractivity contribution < 1.29 is 5.11 Å². The molecular weight excluding hydrogens is 248 g/mol. The Balaban J connectivity index is 2.68. The lowest BCUT2D eigenvalue weighted by atomic mass is 10.3. The Hall–Kier alpha value is -1.89. The van der Waals surface area contributed by atoms with Crippen molar-refractivity contribution in [2.75, 3.05) is 0 Å². The summed E-state index contributed by atoms with van der Waals surface area (Å²) >= 11 is 0. The van der Waals surface area contributed by atoms with Crippen LogP contribution in [-0.2, 0) is 13.1 Å². The Labute approximate surface area is 109 Å². The van der Waals surface area contributed by atoms with Gasteiger partial charge in [-0.1, -0.05) is 13.3 Å². The number of nitrogens with one attached hydrogen (secondary N) is 1. The van der Waals surface area contributed by atoms with Gasteiger partial charge in [0.05, 0.1) is 19.0 Å². The zero-order chi connectivity index (χ0) is 14.0. The second kappa shape index (κ2) is 5.40. The molecule has 0 spiro atoms. The number of fused-ring (bicyclic) bond motifs is 1. The average molecular weight is 266 g/mol. The van der Waals surface area contributed by atoms with E-state index in [4.69, 9.17) is 0 Å². The number of nitrogens with zero attached hydrogens (tertiary/aromatic N) is 3. The molecule has 2 heterocycles. The standard InChI is InChI=1S/C12H18N4O3/c1-3-4-5-15-10-9(13-7-14-10)11(18)16(12(15)19)6-8(2)17/h7-8,17H,3-6H2,1-2H3,(H,13,14). The molecule has 0 amide bonds. The van der Waals surface area contributed by atoms with Crippen LogP contribution in [0.5, 0.6) is 0 Å². The fourth-order valence-corrected chi connectivity index (χ4v) is 2.05. The first-order chi connectivity index (χ1) is 9.06. The highest BCUT2D eigenvalue weighted by atomic mass is 16.3. The fraction of sp³-hybridized carbons (Fsp3) is 0.583. The minimum atomic E-state index is -0.759. The quantitative estimate of drug-likeness (QED) is 0.800. The Morgan fingerprint density at radius 2 is 2.16 bits per heavy atom. The molecule has 0 saturated heterocycles. The molecule has 0 aliphatic carbocycles. The van der Waals surface area contributed by atoms with E-state index in [0.717, 1.165) is 17.4 Å². The van der Waals surface area contributed by atoms with E-state index in [9.17, 15) is 14.7 Å². The average Bonchev–Trinajstić information content (AvgIpc) is 2.83. The summed E-state index contributed by atoms with van der Waals surface area (Å²) in [4.78, 5) is 31.2. The molecule has 0 aliphatic rings. The van der Waals surface area contributed by atoms with E-state index >= 15 is 0 Å². The van der Waals surface area contributed by atoms with E-state index in [1.54, 1.807) is 6.92 Å². The fourth-order valence-electron chi connectivity index (χ4n) is 2.05. The highest BCUT2D eigenvalue weighted by Crippen LogP contribution is 2.03. The van der Waals surface area contributed by atoms with Gasteiger partial charge in [0.15, 0.2) is 5.65 Å². The van der Waals surface area contributed by atoms with Crippen LogP contribution in [0.25, 0.3) is 11.2 Å². The second-order valence-corrected chi connectivity index (χ2v) is 4.65. The van der Waals surface area contributed by atoms with Gasteiger partial charge >= 0.3 is 5.69 Å². The molecule has 0 bridgehead atoms. The first kappa shape index (κ1) is 13.5. The van der Waals surface area contributed by atoms with Crippen LogP contribution in [0.15, 0.2) is 15.9 Å². The number of H-pyrrole nitrogens is 1. The highest BCUT2D eigenvalue weighted by Gasteiger charge is 2.15. The maximum Gasteiger partial charge on any atom is 0.332 e. The van der Waals surface area contributed by atoms with Crippen LogP contribution >= 0.6 is 0 Å². The van der Waals surface area contributed by atoms with E-state index < -0.39 is 17.4 Å². The topological polar surface area (TPSA) is 92.9 Å². The molecule has 19 heavy (non-hydrogen) atoms. The number of hydrogen-bond acceptors (Lipinski definition) is 4. The number of aryl methyl sites for hydroxylation is 1. The molecule has 2 aromatic rings. The molecule has 0 fully saturated rings. The summed E-state index contributed by atoms with van der Waals surface area (Å²) in [5.74, 6) is 0. The molecule has 104 valence electrons. The highest BCUT2D eigenvalue weighted by molar-refractivity contribution is 5.68. The summed E-state index contributed by atoms with van der Waals surface area (Å²) in [6.45, 7) is 4.06. The minimum Gasteiger partial charge on any atom is -0.392 e. The number of aliphatic hydroxyl groups excluding tert-OH is 1. The molecule has 7 heteroatoms. The van der Waals surface area contributed by atoms with Crippen molar-refractivity contribution in [3.8, 4) is 0 Å². The molecular formula is C12H18N4O3. The Kier molecular flexibility index (Phi) is 3.84. The molecule has 2 aromatic heterocycles. The lowest BCUT2D eigenvalue weighted by Gasteiger charge is -2.11. The summed E-state index contributed by atoms with van der Waals surface area (Å²) in [5.41, 5.74) is -0.174. The maximum atomic E-state index is 12.3. The molecule has 0 aromatic carbocycles. The number of aromatic amines is 1. The molecule has 1 unspecified atom stereocenters. The number of imidazole rings is 1. The molecule has 2 rings (SSSR count). The van der Waals surface area contributed by atoms with Gasteiger partial charge in [-0.05, 0) is 13.3 Å².